The monoisotopic (exact) mass is 308 g/mol. The number of hydrogen-bond acceptors (Lipinski definition) is 4. The summed E-state index contributed by atoms with van der Waals surface area (Å²) in [6.07, 6.45) is 0. The molecule has 0 amide bonds. The fourth-order valence-corrected chi connectivity index (χ4v) is 4.18. The molecule has 0 saturated carbocycles. The van der Waals surface area contributed by atoms with Gasteiger partial charge in [0.2, 0.25) is 0 Å². The summed E-state index contributed by atoms with van der Waals surface area (Å²) < 4.78 is 1.78. The van der Waals surface area contributed by atoms with Gasteiger partial charge in [0.15, 0.2) is 11.4 Å². The van der Waals surface area contributed by atoms with Crippen LogP contribution in [0, 0.1) is 38.1 Å². The van der Waals surface area contributed by atoms with Crippen LogP contribution in [0.25, 0.3) is 0 Å². The molecule has 20 heavy (non-hydrogen) atoms. The van der Waals surface area contributed by atoms with Crippen molar-refractivity contribution in [1.29, 1.82) is 0 Å². The summed E-state index contributed by atoms with van der Waals surface area (Å²) in [5, 5.41) is 25.1. The Kier molecular flexibility index (Phi) is 4.45. The largest absolute Gasteiger partial charge is 0.618 e. The van der Waals surface area contributed by atoms with Crippen molar-refractivity contribution in [2.75, 3.05) is 0 Å². The highest BCUT2D eigenvalue weighted by Crippen LogP contribution is 2.34. The summed E-state index contributed by atoms with van der Waals surface area (Å²) in [7, 11) is 2.61. The summed E-state index contributed by atoms with van der Waals surface area (Å²) in [6.45, 7) is 7.46. The molecule has 106 valence electrons. The fourth-order valence-electron chi connectivity index (χ4n) is 1.92. The van der Waals surface area contributed by atoms with Crippen molar-refractivity contribution in [2.24, 2.45) is 0 Å². The Morgan fingerprint density at radius 2 is 1.05 bits per heavy atom. The van der Waals surface area contributed by atoms with Crippen LogP contribution in [0.15, 0.2) is 34.3 Å². The van der Waals surface area contributed by atoms with Gasteiger partial charge in [-0.1, -0.05) is 0 Å². The average molecular weight is 308 g/mol. The van der Waals surface area contributed by atoms with Crippen molar-refractivity contribution in [3.63, 3.8) is 0 Å². The first-order chi connectivity index (χ1) is 9.38. The summed E-state index contributed by atoms with van der Waals surface area (Å²) >= 11 is 0. The molecule has 0 unspecified atom stereocenters. The average Bonchev–Trinajstić information content (AvgIpc) is 2.37. The lowest BCUT2D eigenvalue weighted by atomic mass is 10.2. The molecule has 4 nitrogen and oxygen atoms in total. The molecule has 0 atom stereocenters. The Balaban J connectivity index is 2.26. The number of hydrogen-bond donors (Lipinski definition) is 0. The van der Waals surface area contributed by atoms with Gasteiger partial charge in [-0.25, -0.2) is 0 Å². The SMILES string of the molecule is Cc1cc(C)[n+]([O-])c(SSc2cc(C)cc(C)[n+]2[O-])c1. The van der Waals surface area contributed by atoms with Crippen LogP contribution in [-0.4, -0.2) is 0 Å². The predicted octanol–water partition coefficient (Wildman–Crippen LogP) is 2.99. The van der Waals surface area contributed by atoms with E-state index in [2.05, 4.69) is 0 Å². The summed E-state index contributed by atoms with van der Waals surface area (Å²) in [5.41, 5.74) is 3.38. The van der Waals surface area contributed by atoms with E-state index in [1.165, 1.54) is 21.6 Å². The minimum atomic E-state index is 0.589. The van der Waals surface area contributed by atoms with Crippen molar-refractivity contribution in [2.45, 2.75) is 37.7 Å². The van der Waals surface area contributed by atoms with Gasteiger partial charge in [-0.15, -0.1) is 0 Å². The molecule has 0 aliphatic heterocycles. The van der Waals surface area contributed by atoms with E-state index < -0.39 is 0 Å². The zero-order valence-corrected chi connectivity index (χ0v) is 13.5. The number of pyridine rings is 2. The molecule has 0 aliphatic carbocycles. The van der Waals surface area contributed by atoms with Gasteiger partial charge >= 0.3 is 0 Å². The molecule has 0 N–H and O–H groups in total. The summed E-state index contributed by atoms with van der Waals surface area (Å²) in [5.74, 6) is 0. The Labute approximate surface area is 126 Å². The molecule has 2 heterocycles. The van der Waals surface area contributed by atoms with Crippen molar-refractivity contribution in [3.05, 3.63) is 57.2 Å². The van der Waals surface area contributed by atoms with E-state index in [0.717, 1.165) is 20.6 Å². The summed E-state index contributed by atoms with van der Waals surface area (Å²) in [4.78, 5) is 0. The van der Waals surface area contributed by atoms with Gasteiger partial charge in [-0.05, 0) is 25.0 Å². The van der Waals surface area contributed by atoms with Crippen LogP contribution in [0.5, 0.6) is 0 Å². The molecule has 0 aromatic carbocycles. The van der Waals surface area contributed by atoms with E-state index in [4.69, 9.17) is 0 Å². The molecular weight excluding hydrogens is 292 g/mol. The molecule has 0 bridgehead atoms. The van der Waals surface area contributed by atoms with Crippen molar-refractivity contribution in [3.8, 4) is 0 Å². The predicted molar refractivity (Wildman–Crippen MR) is 81.5 cm³/mol. The maximum absolute atomic E-state index is 12.0. The van der Waals surface area contributed by atoms with Gasteiger partial charge in [-0.2, -0.15) is 9.46 Å². The highest BCUT2D eigenvalue weighted by Gasteiger charge is 2.16. The molecule has 2 aromatic rings. The van der Waals surface area contributed by atoms with E-state index in [1.807, 2.05) is 38.1 Å². The molecule has 0 fully saturated rings. The highest BCUT2D eigenvalue weighted by atomic mass is 33.1. The second-order valence-corrected chi connectivity index (χ2v) is 6.95. The fraction of sp³-hybridized carbons (Fsp3) is 0.286. The smallest absolute Gasteiger partial charge is 0.262 e. The molecule has 0 spiro atoms. The van der Waals surface area contributed by atoms with Crippen molar-refractivity contribution < 1.29 is 9.46 Å². The summed E-state index contributed by atoms with van der Waals surface area (Å²) in [6, 6.07) is 7.34. The molecule has 0 saturated heterocycles. The normalized spacial score (nSPS) is 10.8. The maximum Gasteiger partial charge on any atom is 0.262 e. The van der Waals surface area contributed by atoms with E-state index >= 15 is 0 Å². The van der Waals surface area contributed by atoms with Crippen LogP contribution >= 0.6 is 21.6 Å². The number of nitrogens with zero attached hydrogens (tertiary/aromatic N) is 2. The third-order valence-electron chi connectivity index (χ3n) is 2.83. The van der Waals surface area contributed by atoms with Gasteiger partial charge in [0.25, 0.3) is 10.1 Å². The first-order valence-electron chi connectivity index (χ1n) is 6.14. The quantitative estimate of drug-likeness (QED) is 0.497. The third kappa shape index (κ3) is 3.19. The lowest BCUT2D eigenvalue weighted by Crippen LogP contribution is -2.33. The first-order valence-corrected chi connectivity index (χ1v) is 8.29. The van der Waals surface area contributed by atoms with E-state index in [1.54, 1.807) is 13.8 Å². The lowest BCUT2D eigenvalue weighted by molar-refractivity contribution is -0.652. The molecule has 0 aliphatic rings. The number of aryl methyl sites for hydroxylation is 4. The van der Waals surface area contributed by atoms with Gasteiger partial charge in [0, 0.05) is 59.7 Å². The van der Waals surface area contributed by atoms with E-state index in [-0.39, 0.29) is 0 Å². The second kappa shape index (κ2) is 5.93. The van der Waals surface area contributed by atoms with Gasteiger partial charge in [0.1, 0.15) is 0 Å². The van der Waals surface area contributed by atoms with Crippen molar-refractivity contribution in [1.82, 2.24) is 0 Å². The Hall–Kier alpha value is -1.40. The zero-order valence-electron chi connectivity index (χ0n) is 11.8. The topological polar surface area (TPSA) is 53.9 Å². The van der Waals surface area contributed by atoms with Crippen LogP contribution < -0.4 is 9.46 Å². The van der Waals surface area contributed by atoms with Crippen LogP contribution in [0.1, 0.15) is 22.5 Å². The van der Waals surface area contributed by atoms with Crippen LogP contribution in [0.2, 0.25) is 0 Å². The number of aromatic nitrogens is 2. The second-order valence-electron chi connectivity index (χ2n) is 4.78. The lowest BCUT2D eigenvalue weighted by Gasteiger charge is -2.09. The standard InChI is InChI=1S/C14H16N2O2S2/c1-9-5-11(3)15(17)13(7-9)19-20-14-8-10(2)6-12(4)16(14)18/h5-8H,1-4H3. The van der Waals surface area contributed by atoms with Crippen LogP contribution in [-0.2, 0) is 0 Å². The Bertz CT molecular complexity index is 603. The van der Waals surface area contributed by atoms with Crippen LogP contribution in [0.3, 0.4) is 0 Å². The molecule has 2 aromatic heterocycles. The molecule has 6 heteroatoms. The zero-order chi connectivity index (χ0) is 14.9. The number of rotatable bonds is 3. The highest BCUT2D eigenvalue weighted by molar-refractivity contribution is 8.76. The molecular formula is C14H16N2O2S2. The maximum atomic E-state index is 12.0. The first kappa shape index (κ1) is 15.0. The van der Waals surface area contributed by atoms with E-state index in [0.29, 0.717) is 21.4 Å². The Morgan fingerprint density at radius 1 is 0.700 bits per heavy atom. The van der Waals surface area contributed by atoms with Gasteiger partial charge < -0.3 is 10.4 Å². The van der Waals surface area contributed by atoms with Gasteiger partial charge in [0.05, 0.1) is 0 Å². The van der Waals surface area contributed by atoms with Gasteiger partial charge in [-0.3, -0.25) is 0 Å². The molecule has 0 radical (unpaired) electrons. The van der Waals surface area contributed by atoms with Crippen molar-refractivity contribution >= 4 is 21.6 Å². The van der Waals surface area contributed by atoms with Crippen LogP contribution in [0.4, 0.5) is 0 Å². The van der Waals surface area contributed by atoms with E-state index in [9.17, 15) is 10.4 Å². The Morgan fingerprint density at radius 3 is 1.40 bits per heavy atom. The molecule has 2 rings (SSSR count). The minimum Gasteiger partial charge on any atom is -0.618 e. The third-order valence-corrected chi connectivity index (χ3v) is 5.10. The minimum absolute atomic E-state index is 0.589.